The van der Waals surface area contributed by atoms with Crippen molar-refractivity contribution < 1.29 is 14.6 Å². The molecule has 2 N–H and O–H groups in total. The largest absolute Gasteiger partial charge is 0.494 e. The smallest absolute Gasteiger partial charge is 0.335 e. The third-order valence-electron chi connectivity index (χ3n) is 4.16. The predicted octanol–water partition coefficient (Wildman–Crippen LogP) is 5.57. The van der Waals surface area contributed by atoms with Crippen molar-refractivity contribution in [3.05, 3.63) is 59.7 Å². The van der Waals surface area contributed by atoms with Crippen LogP contribution in [0.3, 0.4) is 0 Å². The van der Waals surface area contributed by atoms with Gasteiger partial charge in [0.05, 0.1) is 24.1 Å². The first-order valence-electron chi connectivity index (χ1n) is 9.54. The van der Waals surface area contributed by atoms with Crippen LogP contribution < -0.4 is 10.2 Å². The van der Waals surface area contributed by atoms with Crippen molar-refractivity contribution in [1.82, 2.24) is 0 Å². The minimum absolute atomic E-state index is 0.224. The Morgan fingerprint density at radius 3 is 2.56 bits per heavy atom. The van der Waals surface area contributed by atoms with Crippen molar-refractivity contribution in [3.63, 3.8) is 0 Å². The summed E-state index contributed by atoms with van der Waals surface area (Å²) in [4.78, 5) is 11.0. The van der Waals surface area contributed by atoms with Crippen molar-refractivity contribution in [1.29, 1.82) is 0 Å². The van der Waals surface area contributed by atoms with Crippen molar-refractivity contribution in [2.75, 3.05) is 12.0 Å². The number of anilines is 1. The summed E-state index contributed by atoms with van der Waals surface area (Å²) < 4.78 is 5.76. The highest BCUT2D eigenvalue weighted by atomic mass is 16.5. The Morgan fingerprint density at radius 2 is 1.81 bits per heavy atom. The maximum atomic E-state index is 11.0. The van der Waals surface area contributed by atoms with Gasteiger partial charge in [0, 0.05) is 0 Å². The minimum atomic E-state index is -0.959. The summed E-state index contributed by atoms with van der Waals surface area (Å²) in [6.07, 6.45) is 9.20. The number of nitrogens with one attached hydrogen (secondary N) is 1. The van der Waals surface area contributed by atoms with Crippen LogP contribution in [-0.2, 0) is 0 Å². The maximum Gasteiger partial charge on any atom is 0.335 e. The van der Waals surface area contributed by atoms with Gasteiger partial charge in [0.15, 0.2) is 0 Å². The number of aromatic carboxylic acids is 1. The second-order valence-electron chi connectivity index (χ2n) is 6.44. The van der Waals surface area contributed by atoms with Gasteiger partial charge >= 0.3 is 5.97 Å². The Labute approximate surface area is 161 Å². The third kappa shape index (κ3) is 7.94. The summed E-state index contributed by atoms with van der Waals surface area (Å²) in [6.45, 7) is 2.98. The summed E-state index contributed by atoms with van der Waals surface area (Å²) in [5.41, 5.74) is 4.63. The summed E-state index contributed by atoms with van der Waals surface area (Å²) in [6, 6.07) is 14.3. The van der Waals surface area contributed by atoms with Crippen LogP contribution in [0.2, 0.25) is 0 Å². The van der Waals surface area contributed by atoms with Crippen LogP contribution in [0.4, 0.5) is 5.69 Å². The number of hydrazone groups is 1. The van der Waals surface area contributed by atoms with Gasteiger partial charge < -0.3 is 9.84 Å². The fourth-order valence-electron chi connectivity index (χ4n) is 2.63. The van der Waals surface area contributed by atoms with Crippen molar-refractivity contribution in [2.45, 2.75) is 45.4 Å². The first-order valence-corrected chi connectivity index (χ1v) is 9.54. The van der Waals surface area contributed by atoms with E-state index in [1.54, 1.807) is 30.5 Å². The standard InChI is InChI=1S/C22H28N2O3/c1-2-3-4-5-6-7-15-27-21-13-11-18(12-14-21)17-23-24-20-10-8-9-19(16-20)22(25)26/h8-14,16-17,24H,2-7,15H2,1H3,(H,25,26). The molecule has 0 bridgehead atoms. The second-order valence-corrected chi connectivity index (χ2v) is 6.44. The highest BCUT2D eigenvalue weighted by Gasteiger charge is 2.02. The quantitative estimate of drug-likeness (QED) is 0.292. The van der Waals surface area contributed by atoms with Crippen LogP contribution >= 0.6 is 0 Å². The zero-order valence-corrected chi connectivity index (χ0v) is 15.9. The molecule has 2 aromatic rings. The van der Waals surface area contributed by atoms with Gasteiger partial charge in [-0.1, -0.05) is 45.1 Å². The van der Waals surface area contributed by atoms with Crippen LogP contribution in [0.15, 0.2) is 53.6 Å². The molecule has 27 heavy (non-hydrogen) atoms. The molecule has 5 heteroatoms. The van der Waals surface area contributed by atoms with Crippen LogP contribution in [0.5, 0.6) is 5.75 Å². The lowest BCUT2D eigenvalue weighted by atomic mass is 10.1. The summed E-state index contributed by atoms with van der Waals surface area (Å²) >= 11 is 0. The molecule has 0 radical (unpaired) electrons. The molecule has 0 fully saturated rings. The summed E-state index contributed by atoms with van der Waals surface area (Å²) in [7, 11) is 0. The summed E-state index contributed by atoms with van der Waals surface area (Å²) in [5, 5.41) is 13.1. The number of carboxylic acid groups (broad SMARTS) is 1. The van der Waals surface area contributed by atoms with Crippen LogP contribution in [0.1, 0.15) is 61.4 Å². The van der Waals surface area contributed by atoms with E-state index in [0.29, 0.717) is 5.69 Å². The Balaban J connectivity index is 1.72. The lowest BCUT2D eigenvalue weighted by molar-refractivity contribution is 0.0697. The Bertz CT molecular complexity index is 727. The van der Waals surface area contributed by atoms with Gasteiger partial charge in [0.2, 0.25) is 0 Å². The van der Waals surface area contributed by atoms with E-state index in [1.165, 1.54) is 32.1 Å². The van der Waals surface area contributed by atoms with Crippen LogP contribution in [-0.4, -0.2) is 23.9 Å². The molecule has 5 nitrogen and oxygen atoms in total. The average molecular weight is 368 g/mol. The molecule has 0 heterocycles. The van der Waals surface area contributed by atoms with Gasteiger partial charge in [-0.25, -0.2) is 4.79 Å². The summed E-state index contributed by atoms with van der Waals surface area (Å²) in [5.74, 6) is -0.0954. The van der Waals surface area contributed by atoms with E-state index < -0.39 is 5.97 Å². The zero-order chi connectivity index (χ0) is 19.3. The Kier molecular flexibility index (Phi) is 8.90. The van der Waals surface area contributed by atoms with Gasteiger partial charge in [-0.05, 0) is 54.4 Å². The molecule has 2 rings (SSSR count). The fraction of sp³-hybridized carbons (Fsp3) is 0.364. The topological polar surface area (TPSA) is 70.9 Å². The monoisotopic (exact) mass is 368 g/mol. The van der Waals surface area contributed by atoms with Gasteiger partial charge in [-0.3, -0.25) is 5.43 Å². The number of nitrogens with zero attached hydrogens (tertiary/aromatic N) is 1. The number of unbranched alkanes of at least 4 members (excludes halogenated alkanes) is 5. The van der Waals surface area contributed by atoms with E-state index in [0.717, 1.165) is 24.3 Å². The Morgan fingerprint density at radius 1 is 1.07 bits per heavy atom. The molecule has 0 aliphatic rings. The van der Waals surface area contributed by atoms with Crippen molar-refractivity contribution >= 4 is 17.9 Å². The number of carbonyl (C=O) groups is 1. The molecular formula is C22H28N2O3. The molecule has 144 valence electrons. The van der Waals surface area contributed by atoms with Crippen molar-refractivity contribution in [3.8, 4) is 5.75 Å². The highest BCUT2D eigenvalue weighted by Crippen LogP contribution is 2.13. The maximum absolute atomic E-state index is 11.0. The van der Waals surface area contributed by atoms with Gasteiger partial charge in [0.25, 0.3) is 0 Å². The van der Waals surface area contributed by atoms with Crippen molar-refractivity contribution in [2.24, 2.45) is 5.10 Å². The van der Waals surface area contributed by atoms with E-state index >= 15 is 0 Å². The normalized spacial score (nSPS) is 10.9. The van der Waals surface area contributed by atoms with Gasteiger partial charge in [0.1, 0.15) is 5.75 Å². The molecule has 0 atom stereocenters. The number of hydrogen-bond acceptors (Lipinski definition) is 4. The van der Waals surface area contributed by atoms with E-state index in [2.05, 4.69) is 17.5 Å². The number of benzene rings is 2. The molecular weight excluding hydrogens is 340 g/mol. The highest BCUT2D eigenvalue weighted by molar-refractivity contribution is 5.88. The van der Waals surface area contributed by atoms with E-state index in [-0.39, 0.29) is 5.56 Å². The predicted molar refractivity (Wildman–Crippen MR) is 110 cm³/mol. The lowest BCUT2D eigenvalue weighted by Crippen LogP contribution is -1.98. The second kappa shape index (κ2) is 11.7. The van der Waals surface area contributed by atoms with E-state index in [4.69, 9.17) is 9.84 Å². The molecule has 0 amide bonds. The molecule has 0 spiro atoms. The van der Waals surface area contributed by atoms with E-state index in [1.807, 2.05) is 24.3 Å². The molecule has 0 aromatic heterocycles. The van der Waals surface area contributed by atoms with Gasteiger partial charge in [-0.2, -0.15) is 5.10 Å². The number of rotatable bonds is 12. The van der Waals surface area contributed by atoms with Crippen LogP contribution in [0, 0.1) is 0 Å². The SMILES string of the molecule is CCCCCCCCOc1ccc(C=NNc2cccc(C(=O)O)c2)cc1. The minimum Gasteiger partial charge on any atom is -0.494 e. The first-order chi connectivity index (χ1) is 13.2. The molecule has 0 saturated heterocycles. The first kappa shape index (κ1) is 20.5. The Hall–Kier alpha value is -2.82. The number of hydrogen-bond donors (Lipinski definition) is 2. The fourth-order valence-corrected chi connectivity index (χ4v) is 2.63. The molecule has 0 saturated carbocycles. The zero-order valence-electron chi connectivity index (χ0n) is 15.9. The third-order valence-corrected chi connectivity index (χ3v) is 4.16. The molecule has 2 aromatic carbocycles. The van der Waals surface area contributed by atoms with E-state index in [9.17, 15) is 4.79 Å². The molecule has 0 aliphatic heterocycles. The van der Waals surface area contributed by atoms with Gasteiger partial charge in [-0.15, -0.1) is 0 Å². The van der Waals surface area contributed by atoms with Crippen LogP contribution in [0.25, 0.3) is 0 Å². The lowest BCUT2D eigenvalue weighted by Gasteiger charge is -2.06. The number of carboxylic acids is 1. The average Bonchev–Trinajstić information content (AvgIpc) is 2.68. The number of ether oxygens (including phenoxy) is 1. The molecule has 0 unspecified atom stereocenters. The molecule has 0 aliphatic carbocycles.